The minimum atomic E-state index is -0.172. The van der Waals surface area contributed by atoms with Gasteiger partial charge < -0.3 is 15.0 Å². The number of aromatic nitrogens is 4. The highest BCUT2D eigenvalue weighted by Gasteiger charge is 2.20. The summed E-state index contributed by atoms with van der Waals surface area (Å²) in [6, 6.07) is 22.8. The first-order valence-corrected chi connectivity index (χ1v) is 11.8. The molecule has 0 unspecified atom stereocenters. The van der Waals surface area contributed by atoms with E-state index < -0.39 is 0 Å². The van der Waals surface area contributed by atoms with Crippen LogP contribution < -0.4 is 10.1 Å². The third-order valence-electron chi connectivity index (χ3n) is 5.26. The zero-order valence-electron chi connectivity index (χ0n) is 18.2. The van der Waals surface area contributed by atoms with Crippen LogP contribution in [-0.4, -0.2) is 38.5 Å². The molecule has 34 heavy (non-hydrogen) atoms. The average Bonchev–Trinajstić information content (AvgIpc) is 3.47. The summed E-state index contributed by atoms with van der Waals surface area (Å²) >= 11 is 7.42. The molecule has 2 N–H and O–H groups in total. The molecule has 0 bridgehead atoms. The number of carbonyl (C=O) groups is 1. The number of ether oxygens (including phenoxy) is 1. The van der Waals surface area contributed by atoms with Gasteiger partial charge in [-0.1, -0.05) is 53.7 Å². The number of H-pyrrole nitrogens is 1. The fraction of sp³-hybridized carbons (Fsp3) is 0.0800. The number of rotatable bonds is 7. The lowest BCUT2D eigenvalue weighted by atomic mass is 10.1. The van der Waals surface area contributed by atoms with Crippen LogP contribution in [0.2, 0.25) is 5.02 Å². The van der Waals surface area contributed by atoms with Crippen LogP contribution in [-0.2, 0) is 4.79 Å². The van der Waals surface area contributed by atoms with Crippen molar-refractivity contribution < 1.29 is 9.53 Å². The van der Waals surface area contributed by atoms with Crippen molar-refractivity contribution in [2.75, 3.05) is 18.2 Å². The smallest absolute Gasteiger partial charge is 0.234 e. The van der Waals surface area contributed by atoms with Crippen LogP contribution in [0.15, 0.2) is 84.1 Å². The quantitative estimate of drug-likeness (QED) is 0.282. The molecule has 0 aliphatic rings. The van der Waals surface area contributed by atoms with Gasteiger partial charge in [-0.15, -0.1) is 10.2 Å². The van der Waals surface area contributed by atoms with Gasteiger partial charge in [0.25, 0.3) is 0 Å². The minimum Gasteiger partial charge on any atom is -0.495 e. The Hall–Kier alpha value is -3.75. The summed E-state index contributed by atoms with van der Waals surface area (Å²) in [5.41, 5.74) is 3.40. The first-order valence-electron chi connectivity index (χ1n) is 10.5. The summed E-state index contributed by atoms with van der Waals surface area (Å²) < 4.78 is 7.25. The highest BCUT2D eigenvalue weighted by atomic mass is 35.5. The fourth-order valence-corrected chi connectivity index (χ4v) is 4.56. The van der Waals surface area contributed by atoms with Crippen LogP contribution in [0.4, 0.5) is 5.69 Å². The molecule has 0 saturated heterocycles. The zero-order chi connectivity index (χ0) is 23.5. The molecule has 0 aliphatic carbocycles. The third kappa shape index (κ3) is 4.37. The van der Waals surface area contributed by atoms with Crippen molar-refractivity contribution in [1.29, 1.82) is 0 Å². The molecular weight excluding hydrogens is 470 g/mol. The summed E-state index contributed by atoms with van der Waals surface area (Å²) in [5.74, 6) is 1.26. The number of nitrogens with one attached hydrogen (secondary N) is 2. The molecule has 0 fully saturated rings. The number of amides is 1. The highest BCUT2D eigenvalue weighted by Crippen LogP contribution is 2.33. The molecule has 0 aliphatic heterocycles. The van der Waals surface area contributed by atoms with Crippen LogP contribution in [0.1, 0.15) is 0 Å². The third-order valence-corrected chi connectivity index (χ3v) is 6.44. The van der Waals surface area contributed by atoms with Gasteiger partial charge in [0.2, 0.25) is 5.91 Å². The Labute approximate surface area is 205 Å². The monoisotopic (exact) mass is 489 g/mol. The molecule has 1 amide bonds. The van der Waals surface area contributed by atoms with Crippen molar-refractivity contribution >= 4 is 45.9 Å². The molecule has 5 rings (SSSR count). The van der Waals surface area contributed by atoms with Crippen molar-refractivity contribution in [3.8, 4) is 22.8 Å². The van der Waals surface area contributed by atoms with E-state index in [-0.39, 0.29) is 11.7 Å². The lowest BCUT2D eigenvalue weighted by molar-refractivity contribution is -0.113. The lowest BCUT2D eigenvalue weighted by Crippen LogP contribution is -2.15. The number of halogens is 1. The molecule has 5 aromatic rings. The summed E-state index contributed by atoms with van der Waals surface area (Å²) in [7, 11) is 1.57. The zero-order valence-corrected chi connectivity index (χ0v) is 19.7. The fourth-order valence-electron chi connectivity index (χ4n) is 3.68. The summed E-state index contributed by atoms with van der Waals surface area (Å²) in [5, 5.41) is 14.1. The minimum absolute atomic E-state index is 0.150. The van der Waals surface area contributed by atoms with Crippen molar-refractivity contribution in [3.63, 3.8) is 0 Å². The summed E-state index contributed by atoms with van der Waals surface area (Å²) in [4.78, 5) is 16.0. The van der Waals surface area contributed by atoms with E-state index in [1.54, 1.807) is 19.2 Å². The van der Waals surface area contributed by atoms with Gasteiger partial charge in [0, 0.05) is 33.4 Å². The topological polar surface area (TPSA) is 84.8 Å². The Morgan fingerprint density at radius 1 is 1.06 bits per heavy atom. The van der Waals surface area contributed by atoms with Crippen LogP contribution >= 0.6 is 23.4 Å². The van der Waals surface area contributed by atoms with Crippen LogP contribution in [0.25, 0.3) is 28.0 Å². The number of carbonyl (C=O) groups excluding carboxylic acids is 1. The number of hydrogen-bond donors (Lipinski definition) is 2. The van der Waals surface area contributed by atoms with Gasteiger partial charge in [-0.05, 0) is 42.5 Å². The van der Waals surface area contributed by atoms with Gasteiger partial charge in [-0.2, -0.15) is 0 Å². The van der Waals surface area contributed by atoms with Gasteiger partial charge in [0.15, 0.2) is 11.0 Å². The predicted molar refractivity (Wildman–Crippen MR) is 136 cm³/mol. The van der Waals surface area contributed by atoms with E-state index >= 15 is 0 Å². The number of para-hydroxylation sites is 3. The Bertz CT molecular complexity index is 1460. The number of nitrogens with zero attached hydrogens (tertiary/aromatic N) is 3. The van der Waals surface area contributed by atoms with Gasteiger partial charge in [-0.3, -0.25) is 9.36 Å². The second-order valence-corrected chi connectivity index (χ2v) is 8.78. The van der Waals surface area contributed by atoms with Crippen molar-refractivity contribution in [1.82, 2.24) is 19.7 Å². The summed E-state index contributed by atoms with van der Waals surface area (Å²) in [6.07, 6.45) is 1.92. The van der Waals surface area contributed by atoms with E-state index in [0.717, 1.165) is 22.2 Å². The number of anilines is 1. The Morgan fingerprint density at radius 2 is 1.82 bits per heavy atom. The normalized spacial score (nSPS) is 11.0. The molecule has 0 saturated carbocycles. The van der Waals surface area contributed by atoms with Crippen LogP contribution in [0, 0.1) is 0 Å². The second-order valence-electron chi connectivity index (χ2n) is 7.40. The van der Waals surface area contributed by atoms with E-state index in [1.165, 1.54) is 11.8 Å². The maximum atomic E-state index is 12.7. The van der Waals surface area contributed by atoms with Crippen molar-refractivity contribution in [2.45, 2.75) is 5.16 Å². The van der Waals surface area contributed by atoms with Gasteiger partial charge in [0.05, 0.1) is 18.6 Å². The molecule has 3 aromatic carbocycles. The molecular formula is C25H20ClN5O2S. The predicted octanol–water partition coefficient (Wildman–Crippen LogP) is 5.81. The van der Waals surface area contributed by atoms with E-state index in [1.807, 2.05) is 71.4 Å². The number of aromatic amines is 1. The molecule has 9 heteroatoms. The van der Waals surface area contributed by atoms with Crippen molar-refractivity contribution in [2.24, 2.45) is 0 Å². The SMILES string of the molecule is COc1ccccc1NC(=O)CSc1nnc(-c2c[nH]c3ccccc23)n1-c1ccc(Cl)cc1. The first kappa shape index (κ1) is 22.1. The number of fused-ring (bicyclic) bond motifs is 1. The number of methoxy groups -OCH3 is 1. The largest absolute Gasteiger partial charge is 0.495 e. The molecule has 2 aromatic heterocycles. The molecule has 0 radical (unpaired) electrons. The van der Waals surface area contributed by atoms with E-state index in [9.17, 15) is 4.79 Å². The van der Waals surface area contributed by atoms with Gasteiger partial charge >= 0.3 is 0 Å². The second kappa shape index (κ2) is 9.62. The number of benzene rings is 3. The first-order chi connectivity index (χ1) is 16.6. The number of thioether (sulfide) groups is 1. The lowest BCUT2D eigenvalue weighted by Gasteiger charge is -2.11. The Morgan fingerprint density at radius 3 is 2.65 bits per heavy atom. The van der Waals surface area contributed by atoms with Crippen molar-refractivity contribution in [3.05, 3.63) is 84.0 Å². The molecule has 2 heterocycles. The highest BCUT2D eigenvalue weighted by molar-refractivity contribution is 7.99. The van der Waals surface area contributed by atoms with E-state index in [4.69, 9.17) is 16.3 Å². The van der Waals surface area contributed by atoms with Crippen LogP contribution in [0.3, 0.4) is 0 Å². The van der Waals surface area contributed by atoms with Gasteiger partial charge in [0.1, 0.15) is 5.75 Å². The Balaban J connectivity index is 1.46. The molecule has 0 atom stereocenters. The number of hydrogen-bond acceptors (Lipinski definition) is 5. The van der Waals surface area contributed by atoms with E-state index in [0.29, 0.717) is 27.4 Å². The van der Waals surface area contributed by atoms with E-state index in [2.05, 4.69) is 20.5 Å². The molecule has 170 valence electrons. The van der Waals surface area contributed by atoms with Crippen LogP contribution in [0.5, 0.6) is 5.75 Å². The summed E-state index contributed by atoms with van der Waals surface area (Å²) in [6.45, 7) is 0. The maximum absolute atomic E-state index is 12.7. The Kier molecular flexibility index (Phi) is 6.24. The molecule has 0 spiro atoms. The standard InChI is InChI=1S/C25H20ClN5O2S/c1-33-22-9-5-4-8-21(22)28-23(32)15-34-25-30-29-24(31(25)17-12-10-16(26)11-13-17)19-14-27-20-7-3-2-6-18(19)20/h2-14,27H,15H2,1H3,(H,28,32). The average molecular weight is 490 g/mol. The van der Waals surface area contributed by atoms with Gasteiger partial charge in [-0.25, -0.2) is 0 Å². The maximum Gasteiger partial charge on any atom is 0.234 e. The molecule has 7 nitrogen and oxygen atoms in total.